The van der Waals surface area contributed by atoms with Crippen LogP contribution in [-0.2, 0) is 12.8 Å². The molecule has 0 saturated carbocycles. The quantitative estimate of drug-likeness (QED) is 0.343. The number of nitrogens with zero attached hydrogens (tertiary/aromatic N) is 3. The van der Waals surface area contributed by atoms with Crippen molar-refractivity contribution in [1.82, 2.24) is 14.9 Å². The summed E-state index contributed by atoms with van der Waals surface area (Å²) in [7, 11) is 0. The fourth-order valence-electron chi connectivity index (χ4n) is 4.91. The SMILES string of the molecule is Fc1c(Br)c(C(F)(F)F)cc2c(OCc3ccccc3)nc(OCC34CCCN3C[C@H](F)C4)nc12. The molecule has 2 aliphatic rings. The fourth-order valence-corrected chi connectivity index (χ4v) is 5.44. The Morgan fingerprint density at radius 1 is 1.14 bits per heavy atom. The fraction of sp³-hybridized carbons (Fsp3) is 0.417. The summed E-state index contributed by atoms with van der Waals surface area (Å²) >= 11 is 2.71. The van der Waals surface area contributed by atoms with Gasteiger partial charge in [-0.25, -0.2) is 8.78 Å². The van der Waals surface area contributed by atoms with Gasteiger partial charge >= 0.3 is 12.2 Å². The molecular formula is C24H21BrF5N3O2. The van der Waals surface area contributed by atoms with E-state index in [0.29, 0.717) is 13.0 Å². The molecule has 5 rings (SSSR count). The van der Waals surface area contributed by atoms with E-state index in [1.165, 1.54) is 0 Å². The van der Waals surface area contributed by atoms with Crippen LogP contribution in [0.3, 0.4) is 0 Å². The Hall–Kier alpha value is -2.53. The number of alkyl halides is 4. The second kappa shape index (κ2) is 9.16. The first kappa shape index (κ1) is 24.2. The van der Waals surface area contributed by atoms with E-state index in [-0.39, 0.29) is 36.0 Å². The second-order valence-electron chi connectivity index (χ2n) is 8.90. The summed E-state index contributed by atoms with van der Waals surface area (Å²) < 4.78 is 80.6. The summed E-state index contributed by atoms with van der Waals surface area (Å²) in [6.07, 6.45) is -3.81. The predicted octanol–water partition coefficient (Wildman–Crippen LogP) is 6.08. The van der Waals surface area contributed by atoms with E-state index in [0.717, 1.165) is 31.0 Å². The van der Waals surface area contributed by atoms with Gasteiger partial charge in [-0.05, 0) is 46.9 Å². The molecule has 2 saturated heterocycles. The van der Waals surface area contributed by atoms with Crippen LogP contribution in [0.4, 0.5) is 22.0 Å². The molecule has 2 aliphatic heterocycles. The Balaban J connectivity index is 1.52. The van der Waals surface area contributed by atoms with Crippen molar-refractivity contribution in [2.75, 3.05) is 19.7 Å². The Morgan fingerprint density at radius 2 is 1.91 bits per heavy atom. The van der Waals surface area contributed by atoms with Crippen LogP contribution in [0.25, 0.3) is 10.9 Å². The number of hydrogen-bond acceptors (Lipinski definition) is 5. The van der Waals surface area contributed by atoms with Crippen molar-refractivity contribution < 1.29 is 31.4 Å². The Labute approximate surface area is 206 Å². The van der Waals surface area contributed by atoms with Gasteiger partial charge in [-0.15, -0.1) is 0 Å². The third-order valence-electron chi connectivity index (χ3n) is 6.57. The van der Waals surface area contributed by atoms with Gasteiger partial charge in [-0.3, -0.25) is 4.90 Å². The molecule has 186 valence electrons. The highest BCUT2D eigenvalue weighted by Gasteiger charge is 2.49. The molecule has 0 amide bonds. The highest BCUT2D eigenvalue weighted by molar-refractivity contribution is 9.10. The Morgan fingerprint density at radius 3 is 2.66 bits per heavy atom. The molecule has 11 heteroatoms. The largest absolute Gasteiger partial charge is 0.472 e. The maximum Gasteiger partial charge on any atom is 0.417 e. The van der Waals surface area contributed by atoms with Crippen molar-refractivity contribution in [3.05, 3.63) is 57.8 Å². The van der Waals surface area contributed by atoms with E-state index in [2.05, 4.69) is 25.9 Å². The van der Waals surface area contributed by atoms with Crippen LogP contribution in [0.15, 0.2) is 40.9 Å². The molecule has 0 N–H and O–H groups in total. The van der Waals surface area contributed by atoms with Gasteiger partial charge in [0.05, 0.1) is 21.0 Å². The minimum atomic E-state index is -4.81. The van der Waals surface area contributed by atoms with E-state index in [1.807, 2.05) is 11.0 Å². The minimum absolute atomic E-state index is 0.00727. The summed E-state index contributed by atoms with van der Waals surface area (Å²) in [5.74, 6) is -1.43. The smallest absolute Gasteiger partial charge is 0.417 e. The van der Waals surface area contributed by atoms with Gasteiger partial charge in [0.25, 0.3) is 0 Å². The van der Waals surface area contributed by atoms with Gasteiger partial charge in [0.1, 0.15) is 24.9 Å². The van der Waals surface area contributed by atoms with E-state index < -0.39 is 33.7 Å². The van der Waals surface area contributed by atoms with E-state index in [1.54, 1.807) is 24.3 Å². The average Bonchev–Trinajstić information content (AvgIpc) is 3.34. The summed E-state index contributed by atoms with van der Waals surface area (Å²) in [4.78, 5) is 10.3. The standard InChI is InChI=1S/C24H21BrF5N3O2/c25-18-17(24(28,29)30)9-16-20(19(18)27)31-22(32-21(16)34-12-14-5-2-1-3-6-14)35-13-23-7-4-8-33(23)11-15(26)10-23/h1-3,5-6,9,15H,4,7-8,10-13H2/t15-,23?/m1/s1. The van der Waals surface area contributed by atoms with Crippen molar-refractivity contribution >= 4 is 26.8 Å². The molecule has 2 fully saturated rings. The number of aromatic nitrogens is 2. The lowest BCUT2D eigenvalue weighted by atomic mass is 9.95. The molecule has 35 heavy (non-hydrogen) atoms. The molecule has 1 aromatic heterocycles. The van der Waals surface area contributed by atoms with E-state index in [9.17, 15) is 17.6 Å². The number of hydrogen-bond donors (Lipinski definition) is 0. The Bertz CT molecular complexity index is 1240. The number of benzene rings is 2. The lowest BCUT2D eigenvalue weighted by Crippen LogP contribution is -2.43. The summed E-state index contributed by atoms with van der Waals surface area (Å²) in [5.41, 5.74) is -1.32. The highest BCUT2D eigenvalue weighted by atomic mass is 79.9. The number of fused-ring (bicyclic) bond motifs is 2. The lowest BCUT2D eigenvalue weighted by Gasteiger charge is -2.30. The second-order valence-corrected chi connectivity index (χ2v) is 9.69. The Kier molecular flexibility index (Phi) is 6.33. The molecule has 0 bridgehead atoms. The molecule has 0 spiro atoms. The van der Waals surface area contributed by atoms with Crippen LogP contribution in [0.2, 0.25) is 0 Å². The van der Waals surface area contributed by atoms with Gasteiger partial charge < -0.3 is 9.47 Å². The third kappa shape index (κ3) is 4.67. The van der Waals surface area contributed by atoms with Crippen LogP contribution in [0.1, 0.15) is 30.4 Å². The molecule has 0 aliphatic carbocycles. The molecule has 2 atom stereocenters. The van der Waals surface area contributed by atoms with E-state index in [4.69, 9.17) is 9.47 Å². The molecule has 3 aromatic rings. The molecule has 3 heterocycles. The monoisotopic (exact) mass is 557 g/mol. The molecular weight excluding hydrogens is 537 g/mol. The molecule has 2 aromatic carbocycles. The van der Waals surface area contributed by atoms with Crippen LogP contribution in [0, 0.1) is 5.82 Å². The summed E-state index contributed by atoms with van der Waals surface area (Å²) in [6.45, 7) is 1.16. The van der Waals surface area contributed by atoms with Crippen LogP contribution in [-0.4, -0.2) is 46.3 Å². The van der Waals surface area contributed by atoms with Crippen molar-refractivity contribution in [2.24, 2.45) is 0 Å². The molecule has 5 nitrogen and oxygen atoms in total. The molecule has 1 unspecified atom stereocenters. The minimum Gasteiger partial charge on any atom is -0.472 e. The van der Waals surface area contributed by atoms with Crippen LogP contribution < -0.4 is 9.47 Å². The third-order valence-corrected chi connectivity index (χ3v) is 7.35. The average molecular weight is 558 g/mol. The van der Waals surface area contributed by atoms with Crippen molar-refractivity contribution in [2.45, 2.75) is 43.8 Å². The first-order valence-electron chi connectivity index (χ1n) is 11.1. The zero-order valence-electron chi connectivity index (χ0n) is 18.4. The van der Waals surface area contributed by atoms with Gasteiger partial charge in [0.15, 0.2) is 5.82 Å². The number of ether oxygens (including phenoxy) is 2. The maximum atomic E-state index is 15.1. The first-order valence-corrected chi connectivity index (χ1v) is 11.9. The van der Waals surface area contributed by atoms with Gasteiger partial charge in [0.2, 0.25) is 5.88 Å². The van der Waals surface area contributed by atoms with E-state index >= 15 is 4.39 Å². The normalized spacial score (nSPS) is 22.5. The predicted molar refractivity (Wildman–Crippen MR) is 122 cm³/mol. The van der Waals surface area contributed by atoms with Crippen molar-refractivity contribution in [3.8, 4) is 11.9 Å². The zero-order chi connectivity index (χ0) is 24.8. The van der Waals surface area contributed by atoms with Crippen LogP contribution in [0.5, 0.6) is 11.9 Å². The summed E-state index contributed by atoms with van der Waals surface area (Å²) in [5, 5.41) is -0.230. The van der Waals surface area contributed by atoms with Gasteiger partial charge in [0, 0.05) is 13.0 Å². The van der Waals surface area contributed by atoms with Gasteiger partial charge in [-0.2, -0.15) is 23.1 Å². The van der Waals surface area contributed by atoms with Crippen molar-refractivity contribution in [3.63, 3.8) is 0 Å². The van der Waals surface area contributed by atoms with Crippen LogP contribution >= 0.6 is 15.9 Å². The zero-order valence-corrected chi connectivity index (χ0v) is 20.0. The number of rotatable bonds is 6. The number of halogens is 6. The van der Waals surface area contributed by atoms with Gasteiger partial charge in [-0.1, -0.05) is 30.3 Å². The topological polar surface area (TPSA) is 47.5 Å². The highest BCUT2D eigenvalue weighted by Crippen LogP contribution is 2.42. The molecule has 0 radical (unpaired) electrons. The first-order chi connectivity index (χ1) is 16.7. The lowest BCUT2D eigenvalue weighted by molar-refractivity contribution is -0.138. The maximum absolute atomic E-state index is 15.1. The van der Waals surface area contributed by atoms with Crippen molar-refractivity contribution in [1.29, 1.82) is 0 Å². The summed E-state index contributed by atoms with van der Waals surface area (Å²) in [6, 6.07) is 9.46.